The third kappa shape index (κ3) is 4.80. The van der Waals surface area contributed by atoms with Crippen LogP contribution >= 0.6 is 7.37 Å². The normalized spacial score (nSPS) is 22.3. The molecular formula is C23H28NO4P. The monoisotopic (exact) mass is 413 g/mol. The largest absolute Gasteiger partial charge is 0.445 e. The molecule has 5 nitrogen and oxygen atoms in total. The first-order valence-electron chi connectivity index (χ1n) is 9.83. The summed E-state index contributed by atoms with van der Waals surface area (Å²) in [6.07, 6.45) is 1.92. The first-order valence-corrected chi connectivity index (χ1v) is 11.6. The van der Waals surface area contributed by atoms with Gasteiger partial charge in [-0.15, -0.1) is 6.58 Å². The highest BCUT2D eigenvalue weighted by Gasteiger charge is 2.66. The highest BCUT2D eigenvalue weighted by molar-refractivity contribution is 7.60. The lowest BCUT2D eigenvalue weighted by Gasteiger charge is -2.29. The van der Waals surface area contributed by atoms with Gasteiger partial charge < -0.3 is 14.6 Å². The van der Waals surface area contributed by atoms with E-state index in [9.17, 15) is 9.36 Å². The molecule has 1 saturated carbocycles. The molecule has 2 aromatic rings. The second-order valence-electron chi connectivity index (χ2n) is 7.40. The Bertz CT molecular complexity index is 914. The van der Waals surface area contributed by atoms with Crippen molar-refractivity contribution in [1.29, 1.82) is 0 Å². The summed E-state index contributed by atoms with van der Waals surface area (Å²) in [5, 5.41) is 1.91. The fourth-order valence-corrected chi connectivity index (χ4v) is 6.72. The van der Waals surface area contributed by atoms with Crippen LogP contribution in [0.15, 0.2) is 67.3 Å². The van der Waals surface area contributed by atoms with E-state index in [4.69, 9.17) is 9.26 Å². The van der Waals surface area contributed by atoms with E-state index < -0.39 is 18.7 Å². The summed E-state index contributed by atoms with van der Waals surface area (Å²) >= 11 is 0. The molecule has 0 spiro atoms. The number of ether oxygens (including phenoxy) is 1. The Balaban J connectivity index is 1.78. The molecule has 0 saturated heterocycles. The smallest absolute Gasteiger partial charge is 0.408 e. The zero-order valence-electron chi connectivity index (χ0n) is 17.0. The van der Waals surface area contributed by atoms with Gasteiger partial charge >= 0.3 is 6.09 Å². The molecule has 0 aromatic heterocycles. The first-order chi connectivity index (χ1) is 13.9. The van der Waals surface area contributed by atoms with Crippen LogP contribution < -0.4 is 5.32 Å². The summed E-state index contributed by atoms with van der Waals surface area (Å²) in [5.74, 6) is -0.117. The van der Waals surface area contributed by atoms with Crippen LogP contribution in [0.3, 0.4) is 0 Å². The average Bonchev–Trinajstić information content (AvgIpc) is 3.42. The fraction of sp³-hybridized carbons (Fsp3) is 0.348. The van der Waals surface area contributed by atoms with Crippen LogP contribution in [0.1, 0.15) is 30.0 Å². The topological polar surface area (TPSA) is 64.6 Å². The maximum atomic E-state index is 14.0. The van der Waals surface area contributed by atoms with Crippen molar-refractivity contribution in [1.82, 2.24) is 5.32 Å². The van der Waals surface area contributed by atoms with Crippen LogP contribution in [0.2, 0.25) is 0 Å². The predicted molar refractivity (Wildman–Crippen MR) is 115 cm³/mol. The molecule has 2 aromatic carbocycles. The molecule has 6 heteroatoms. The number of carbonyl (C=O) groups excluding carboxylic acids is 1. The molecule has 0 heterocycles. The van der Waals surface area contributed by atoms with E-state index in [2.05, 4.69) is 11.9 Å². The zero-order chi connectivity index (χ0) is 20.9. The Morgan fingerprint density at radius 1 is 1.24 bits per heavy atom. The Hall–Kier alpha value is -2.36. The number of carbonyl (C=O) groups is 1. The second kappa shape index (κ2) is 8.98. The number of nitrogens with one attached hydrogen (secondary N) is 1. The van der Waals surface area contributed by atoms with Crippen LogP contribution in [-0.2, 0) is 26.6 Å². The summed E-state index contributed by atoms with van der Waals surface area (Å²) in [6, 6.07) is 17.3. The van der Waals surface area contributed by atoms with E-state index >= 15 is 0 Å². The van der Waals surface area contributed by atoms with E-state index in [0.717, 1.165) is 16.7 Å². The minimum absolute atomic E-state index is 0.117. The van der Waals surface area contributed by atoms with E-state index in [1.807, 2.05) is 68.4 Å². The summed E-state index contributed by atoms with van der Waals surface area (Å²) < 4.78 is 25.2. The van der Waals surface area contributed by atoms with Gasteiger partial charge in [0.05, 0.1) is 12.8 Å². The van der Waals surface area contributed by atoms with Gasteiger partial charge in [-0.1, -0.05) is 66.2 Å². The molecule has 1 amide bonds. The maximum Gasteiger partial charge on any atom is 0.408 e. The molecule has 3 atom stereocenters. The third-order valence-electron chi connectivity index (χ3n) is 5.22. The summed E-state index contributed by atoms with van der Waals surface area (Å²) in [4.78, 5) is 12.5. The van der Waals surface area contributed by atoms with Crippen LogP contribution in [0, 0.1) is 12.8 Å². The Morgan fingerprint density at radius 2 is 1.97 bits per heavy atom. The number of amides is 1. The molecule has 0 aliphatic heterocycles. The van der Waals surface area contributed by atoms with Gasteiger partial charge in [-0.25, -0.2) is 4.79 Å². The van der Waals surface area contributed by atoms with Crippen LogP contribution in [0.5, 0.6) is 0 Å². The van der Waals surface area contributed by atoms with Gasteiger partial charge in [0.15, 0.2) is 0 Å². The minimum Gasteiger partial charge on any atom is -0.445 e. The zero-order valence-corrected chi connectivity index (χ0v) is 17.9. The second-order valence-corrected chi connectivity index (χ2v) is 10.1. The molecule has 1 N–H and O–H groups in total. The lowest BCUT2D eigenvalue weighted by atomic mass is 10.2. The van der Waals surface area contributed by atoms with E-state index in [1.165, 1.54) is 0 Å². The fourth-order valence-electron chi connectivity index (χ4n) is 3.67. The van der Waals surface area contributed by atoms with Gasteiger partial charge in [0.1, 0.15) is 11.9 Å². The van der Waals surface area contributed by atoms with Crippen LogP contribution in [0.4, 0.5) is 4.79 Å². The lowest BCUT2D eigenvalue weighted by Crippen LogP contribution is -2.39. The molecule has 3 rings (SSSR count). The van der Waals surface area contributed by atoms with Gasteiger partial charge in [0.2, 0.25) is 7.37 Å². The van der Waals surface area contributed by atoms with Crippen molar-refractivity contribution in [3.05, 3.63) is 83.9 Å². The number of aryl methyl sites for hydroxylation is 1. The highest BCUT2D eigenvalue weighted by Crippen LogP contribution is 2.73. The van der Waals surface area contributed by atoms with E-state index in [0.29, 0.717) is 13.0 Å². The van der Waals surface area contributed by atoms with Gasteiger partial charge in [-0.3, -0.25) is 4.57 Å². The molecule has 1 fully saturated rings. The molecule has 0 bridgehead atoms. The third-order valence-corrected chi connectivity index (χ3v) is 8.52. The van der Waals surface area contributed by atoms with Crippen LogP contribution in [0.25, 0.3) is 0 Å². The standard InChI is InChI=1S/C23H28NO4P/c1-4-21-15-23(21,24-22(25)27-16-19-11-7-6-8-12-19)29(26,28-5-2)17-20-13-9-10-18(3)14-20/h4,6-14,21H,1,5,15-17H2,2-3H3,(H,24,25). The molecule has 0 radical (unpaired) electrons. The Labute approximate surface area is 172 Å². The average molecular weight is 413 g/mol. The number of alkyl carbamates (subject to hydrolysis) is 1. The Morgan fingerprint density at radius 3 is 2.59 bits per heavy atom. The summed E-state index contributed by atoms with van der Waals surface area (Å²) in [7, 11) is -3.26. The van der Waals surface area contributed by atoms with E-state index in [1.54, 1.807) is 6.08 Å². The van der Waals surface area contributed by atoms with Gasteiger partial charge in [0.25, 0.3) is 0 Å². The van der Waals surface area contributed by atoms with Crippen molar-refractivity contribution in [3.63, 3.8) is 0 Å². The van der Waals surface area contributed by atoms with Crippen LogP contribution in [-0.4, -0.2) is 18.0 Å². The molecule has 29 heavy (non-hydrogen) atoms. The summed E-state index contributed by atoms with van der Waals surface area (Å²) in [6.45, 7) is 8.11. The van der Waals surface area contributed by atoms with Crippen molar-refractivity contribution in [2.24, 2.45) is 5.92 Å². The molecule has 1 aliphatic carbocycles. The molecule has 1 aliphatic rings. The number of benzene rings is 2. The van der Waals surface area contributed by atoms with Crippen molar-refractivity contribution in [2.45, 2.75) is 38.3 Å². The minimum atomic E-state index is -3.26. The van der Waals surface area contributed by atoms with Crippen molar-refractivity contribution in [3.8, 4) is 0 Å². The molecule has 3 unspecified atom stereocenters. The van der Waals surface area contributed by atoms with Crippen molar-refractivity contribution in [2.75, 3.05) is 6.61 Å². The van der Waals surface area contributed by atoms with Crippen molar-refractivity contribution >= 4 is 13.5 Å². The number of rotatable bonds is 9. The van der Waals surface area contributed by atoms with Crippen molar-refractivity contribution < 1.29 is 18.6 Å². The number of hydrogen-bond acceptors (Lipinski definition) is 4. The molecular weight excluding hydrogens is 385 g/mol. The highest BCUT2D eigenvalue weighted by atomic mass is 31.2. The predicted octanol–water partition coefficient (Wildman–Crippen LogP) is 5.64. The Kier molecular flexibility index (Phi) is 6.61. The molecule has 154 valence electrons. The van der Waals surface area contributed by atoms with Gasteiger partial charge in [-0.05, 0) is 31.4 Å². The van der Waals surface area contributed by atoms with Gasteiger partial charge in [0, 0.05) is 5.92 Å². The lowest BCUT2D eigenvalue weighted by molar-refractivity contribution is 0.136. The van der Waals surface area contributed by atoms with E-state index in [-0.39, 0.29) is 18.7 Å². The maximum absolute atomic E-state index is 14.0. The SMILES string of the molecule is C=CC1CC1(NC(=O)OCc1ccccc1)P(=O)(Cc1cccc(C)c1)OCC. The quantitative estimate of drug-likeness (QED) is 0.427. The number of hydrogen-bond donors (Lipinski definition) is 1. The summed E-state index contributed by atoms with van der Waals surface area (Å²) in [5.41, 5.74) is 2.90. The van der Waals surface area contributed by atoms with Gasteiger partial charge in [-0.2, -0.15) is 0 Å². The first kappa shape index (κ1) is 21.4.